The minimum Gasteiger partial charge on any atom is -0.478 e. The Balaban J connectivity index is 2.64. The highest BCUT2D eigenvalue weighted by molar-refractivity contribution is 5.89. The summed E-state index contributed by atoms with van der Waals surface area (Å²) in [5.41, 5.74) is 2.80. The molecule has 1 rings (SSSR count). The van der Waals surface area contributed by atoms with Gasteiger partial charge in [0.15, 0.2) is 0 Å². The van der Waals surface area contributed by atoms with Gasteiger partial charge in [-0.1, -0.05) is 64.5 Å². The number of aromatic carboxylic acids is 1. The third kappa shape index (κ3) is 6.79. The zero-order valence-electron chi connectivity index (χ0n) is 13.7. The van der Waals surface area contributed by atoms with Gasteiger partial charge >= 0.3 is 5.97 Å². The van der Waals surface area contributed by atoms with Crippen LogP contribution in [0.1, 0.15) is 86.7 Å². The van der Waals surface area contributed by atoms with Gasteiger partial charge < -0.3 is 5.11 Å². The van der Waals surface area contributed by atoms with Crippen LogP contribution in [0.3, 0.4) is 0 Å². The van der Waals surface area contributed by atoms with Gasteiger partial charge in [-0.25, -0.2) is 4.79 Å². The fourth-order valence-electron chi connectivity index (χ4n) is 2.72. The lowest BCUT2D eigenvalue weighted by Gasteiger charge is -2.09. The number of rotatable bonds is 11. The maximum absolute atomic E-state index is 11.3. The molecule has 0 saturated heterocycles. The highest BCUT2D eigenvalue weighted by atomic mass is 16.4. The first kappa shape index (κ1) is 17.7. The molecule has 0 saturated carbocycles. The summed E-state index contributed by atoms with van der Waals surface area (Å²) in [4.78, 5) is 11.3. The second kappa shape index (κ2) is 10.4. The van der Waals surface area contributed by atoms with Crippen LogP contribution in [-0.2, 0) is 12.8 Å². The first-order chi connectivity index (χ1) is 10.2. The van der Waals surface area contributed by atoms with Crippen LogP contribution in [0.4, 0.5) is 0 Å². The second-order valence-electron chi connectivity index (χ2n) is 5.92. The Bertz CT molecular complexity index is 424. The van der Waals surface area contributed by atoms with Crippen LogP contribution < -0.4 is 0 Å². The lowest BCUT2D eigenvalue weighted by Crippen LogP contribution is -2.04. The predicted octanol–water partition coefficient (Wildman–Crippen LogP) is 5.63. The fourth-order valence-corrected chi connectivity index (χ4v) is 2.72. The summed E-state index contributed by atoms with van der Waals surface area (Å²) in [6.45, 7) is 4.41. The van der Waals surface area contributed by atoms with Crippen LogP contribution in [0.15, 0.2) is 18.2 Å². The standard InChI is InChI=1S/C19H30O2/c1-3-5-7-9-11-16-13-14-18(19(20)21)17(15-16)12-10-8-6-4-2/h13-15H,3-12H2,1-2H3,(H,20,21). The van der Waals surface area contributed by atoms with Crippen molar-refractivity contribution in [3.63, 3.8) is 0 Å². The Labute approximate surface area is 129 Å². The van der Waals surface area contributed by atoms with Crippen molar-refractivity contribution >= 4 is 5.97 Å². The van der Waals surface area contributed by atoms with Crippen molar-refractivity contribution in [2.45, 2.75) is 78.1 Å². The van der Waals surface area contributed by atoms with Crippen molar-refractivity contribution in [2.75, 3.05) is 0 Å². The van der Waals surface area contributed by atoms with E-state index in [4.69, 9.17) is 0 Å². The number of unbranched alkanes of at least 4 members (excludes halogenated alkanes) is 6. The largest absolute Gasteiger partial charge is 0.478 e. The quantitative estimate of drug-likeness (QED) is 0.536. The van der Waals surface area contributed by atoms with Gasteiger partial charge in [-0.05, 0) is 42.9 Å². The Morgan fingerprint density at radius 1 is 0.905 bits per heavy atom. The van der Waals surface area contributed by atoms with Crippen LogP contribution in [0, 0.1) is 0 Å². The van der Waals surface area contributed by atoms with Crippen molar-refractivity contribution in [1.82, 2.24) is 0 Å². The summed E-state index contributed by atoms with van der Waals surface area (Å²) in [5, 5.41) is 9.31. The molecule has 2 nitrogen and oxygen atoms in total. The van der Waals surface area contributed by atoms with Crippen LogP contribution in [0.25, 0.3) is 0 Å². The number of carboxylic acids is 1. The van der Waals surface area contributed by atoms with E-state index in [0.717, 1.165) is 24.8 Å². The number of carbonyl (C=O) groups is 1. The lowest BCUT2D eigenvalue weighted by molar-refractivity contribution is 0.0695. The average Bonchev–Trinajstić information content (AvgIpc) is 2.48. The van der Waals surface area contributed by atoms with Gasteiger partial charge in [0.1, 0.15) is 0 Å². The van der Waals surface area contributed by atoms with Gasteiger partial charge in [0, 0.05) is 0 Å². The molecule has 0 bridgehead atoms. The molecular formula is C19H30O2. The monoisotopic (exact) mass is 290 g/mol. The van der Waals surface area contributed by atoms with Gasteiger partial charge in [0.2, 0.25) is 0 Å². The Hall–Kier alpha value is -1.31. The molecule has 0 aliphatic rings. The predicted molar refractivity (Wildman–Crippen MR) is 89.1 cm³/mol. The van der Waals surface area contributed by atoms with Crippen LogP contribution in [-0.4, -0.2) is 11.1 Å². The van der Waals surface area contributed by atoms with Gasteiger partial charge in [-0.15, -0.1) is 0 Å². The van der Waals surface area contributed by atoms with Crippen molar-refractivity contribution in [1.29, 1.82) is 0 Å². The average molecular weight is 290 g/mol. The highest BCUT2D eigenvalue weighted by Crippen LogP contribution is 2.18. The van der Waals surface area contributed by atoms with Crippen molar-refractivity contribution < 1.29 is 9.90 Å². The molecule has 1 N–H and O–H groups in total. The van der Waals surface area contributed by atoms with E-state index < -0.39 is 5.97 Å². The van der Waals surface area contributed by atoms with Crippen molar-refractivity contribution in [2.24, 2.45) is 0 Å². The topological polar surface area (TPSA) is 37.3 Å². The van der Waals surface area contributed by atoms with E-state index in [-0.39, 0.29) is 0 Å². The summed E-state index contributed by atoms with van der Waals surface area (Å²) >= 11 is 0. The van der Waals surface area contributed by atoms with E-state index in [1.807, 2.05) is 6.07 Å². The fraction of sp³-hybridized carbons (Fsp3) is 0.632. The van der Waals surface area contributed by atoms with Gasteiger partial charge in [0.25, 0.3) is 0 Å². The van der Waals surface area contributed by atoms with Gasteiger partial charge in [-0.2, -0.15) is 0 Å². The zero-order chi connectivity index (χ0) is 15.5. The van der Waals surface area contributed by atoms with E-state index in [1.54, 1.807) is 6.07 Å². The SMILES string of the molecule is CCCCCCc1ccc(C(=O)O)c(CCCCCC)c1. The van der Waals surface area contributed by atoms with E-state index in [1.165, 1.54) is 50.5 Å². The molecule has 2 heteroatoms. The number of aryl methyl sites for hydroxylation is 2. The van der Waals surface area contributed by atoms with Gasteiger partial charge in [0.05, 0.1) is 5.56 Å². The van der Waals surface area contributed by atoms with Crippen LogP contribution in [0.5, 0.6) is 0 Å². The normalized spacial score (nSPS) is 10.8. The summed E-state index contributed by atoms with van der Waals surface area (Å²) in [7, 11) is 0. The molecule has 0 aliphatic carbocycles. The maximum Gasteiger partial charge on any atom is 0.335 e. The second-order valence-corrected chi connectivity index (χ2v) is 5.92. The lowest BCUT2D eigenvalue weighted by atomic mass is 9.96. The summed E-state index contributed by atoms with van der Waals surface area (Å²) in [6.07, 6.45) is 11.7. The Morgan fingerprint density at radius 2 is 1.52 bits per heavy atom. The number of hydrogen-bond acceptors (Lipinski definition) is 1. The first-order valence-corrected chi connectivity index (χ1v) is 8.54. The third-order valence-corrected chi connectivity index (χ3v) is 4.02. The third-order valence-electron chi connectivity index (χ3n) is 4.02. The van der Waals surface area contributed by atoms with Gasteiger partial charge in [-0.3, -0.25) is 0 Å². The van der Waals surface area contributed by atoms with Crippen LogP contribution >= 0.6 is 0 Å². The molecule has 0 aliphatic heterocycles. The molecule has 0 amide bonds. The summed E-state index contributed by atoms with van der Waals surface area (Å²) in [6, 6.07) is 5.92. The number of hydrogen-bond donors (Lipinski definition) is 1. The first-order valence-electron chi connectivity index (χ1n) is 8.54. The summed E-state index contributed by atoms with van der Waals surface area (Å²) < 4.78 is 0. The molecule has 0 aromatic heterocycles. The minimum absolute atomic E-state index is 0.490. The smallest absolute Gasteiger partial charge is 0.335 e. The number of benzene rings is 1. The van der Waals surface area contributed by atoms with Crippen molar-refractivity contribution in [3.8, 4) is 0 Å². The highest BCUT2D eigenvalue weighted by Gasteiger charge is 2.10. The van der Waals surface area contributed by atoms with E-state index in [0.29, 0.717) is 5.56 Å². The molecule has 0 unspecified atom stereocenters. The molecule has 1 aromatic carbocycles. The maximum atomic E-state index is 11.3. The van der Waals surface area contributed by atoms with E-state index >= 15 is 0 Å². The molecule has 0 atom stereocenters. The molecule has 0 heterocycles. The van der Waals surface area contributed by atoms with E-state index in [2.05, 4.69) is 19.9 Å². The number of carboxylic acid groups (broad SMARTS) is 1. The Morgan fingerprint density at radius 3 is 2.10 bits per heavy atom. The molecule has 118 valence electrons. The minimum atomic E-state index is -0.793. The van der Waals surface area contributed by atoms with E-state index in [9.17, 15) is 9.90 Å². The van der Waals surface area contributed by atoms with Crippen molar-refractivity contribution in [3.05, 3.63) is 34.9 Å². The summed E-state index contributed by atoms with van der Waals surface area (Å²) in [5.74, 6) is -0.793. The molecule has 0 spiro atoms. The molecule has 21 heavy (non-hydrogen) atoms. The Kier molecular flexibility index (Phi) is 8.80. The molecule has 1 aromatic rings. The molecular weight excluding hydrogens is 260 g/mol. The molecule has 0 radical (unpaired) electrons. The van der Waals surface area contributed by atoms with Crippen LogP contribution in [0.2, 0.25) is 0 Å². The molecule has 0 fully saturated rings. The zero-order valence-corrected chi connectivity index (χ0v) is 13.7.